The van der Waals surface area contributed by atoms with E-state index in [0.717, 1.165) is 12.0 Å². The molecule has 0 saturated carbocycles. The van der Waals surface area contributed by atoms with Crippen LogP contribution in [-0.2, 0) is 57.6 Å². The van der Waals surface area contributed by atoms with Crippen molar-refractivity contribution in [3.05, 3.63) is 94.5 Å². The van der Waals surface area contributed by atoms with Crippen molar-refractivity contribution in [3.63, 3.8) is 0 Å². The monoisotopic (exact) mass is 1110 g/mol. The van der Waals surface area contributed by atoms with E-state index < -0.39 is 91.2 Å². The lowest BCUT2D eigenvalue weighted by molar-refractivity contribution is -0.133. The highest BCUT2D eigenvalue weighted by Gasteiger charge is 2.29. The second kappa shape index (κ2) is 38.7. The summed E-state index contributed by atoms with van der Waals surface area (Å²) in [5, 5.41) is 47.5. The standard InChI is InChI=1S/C43H56ClN9O10S2.C4H10N2O.C2H6O/c1-64-65-25-35(52-36(56)18-11-26-5-12-29(44)13-6-26)43(63)53-34(21-28-9-16-31(55)17-10-28)42(62)49-24-39(59)50-32(4-2-3-19-45)41(61)48-22-37(57)47-23-38(58)51-33(40(46)60)20-27-7-14-30(54)15-8-27;1-2-3-6-4(5)7;1-2-3/h5-10,12-17,32-35,54-55H,2-4,11,18-25,45H2,1H3,(H2,46,60)(H,47,57)(H,48,61)(H,49,62)(H,50,59)(H,51,58)(H,52,56)(H,53,63);2-3H2,1H3,(H3,5,6,7);3H,2H2,1H3. The van der Waals surface area contributed by atoms with Crippen LogP contribution in [0.2, 0.25) is 5.02 Å². The molecule has 0 aliphatic rings. The van der Waals surface area contributed by atoms with Gasteiger partial charge in [0.25, 0.3) is 0 Å². The smallest absolute Gasteiger partial charge is 0.312 e. The van der Waals surface area contributed by atoms with Crippen LogP contribution in [0, 0.1) is 0 Å². The largest absolute Gasteiger partial charge is 0.508 e. The van der Waals surface area contributed by atoms with Gasteiger partial charge in [-0.3, -0.25) is 38.4 Å². The van der Waals surface area contributed by atoms with Crippen LogP contribution in [0.15, 0.2) is 72.8 Å². The number of unbranched alkanes of at least 4 members (excludes halogenated alkanes) is 1. The molecule has 4 atom stereocenters. The summed E-state index contributed by atoms with van der Waals surface area (Å²) in [5.41, 5.74) is 17.8. The predicted octanol–water partition coefficient (Wildman–Crippen LogP) is 0.146. The lowest BCUT2D eigenvalue weighted by Crippen LogP contribution is -2.56. The fourth-order valence-electron chi connectivity index (χ4n) is 6.26. The third-order valence-corrected chi connectivity index (χ3v) is 12.1. The molecular formula is C49H72ClN11O12S2. The van der Waals surface area contributed by atoms with Gasteiger partial charge in [0.05, 0.1) is 19.6 Å². The van der Waals surface area contributed by atoms with Gasteiger partial charge in [0.2, 0.25) is 47.3 Å². The van der Waals surface area contributed by atoms with Gasteiger partial charge >= 0.3 is 6.03 Å². The molecule has 0 aliphatic carbocycles. The number of aromatic hydroxyl groups is 2. The number of carbonyl (C=O) groups is 9. The van der Waals surface area contributed by atoms with Crippen LogP contribution in [0.1, 0.15) is 62.6 Å². The zero-order valence-electron chi connectivity index (χ0n) is 42.3. The molecule has 414 valence electrons. The first-order valence-corrected chi connectivity index (χ1v) is 27.0. The summed E-state index contributed by atoms with van der Waals surface area (Å²) in [6, 6.07) is 14.0. The van der Waals surface area contributed by atoms with Crippen molar-refractivity contribution < 1.29 is 58.5 Å². The van der Waals surface area contributed by atoms with E-state index in [4.69, 9.17) is 33.9 Å². The number of amides is 10. The Hall–Kier alpha value is -6.80. The van der Waals surface area contributed by atoms with Gasteiger partial charge in [0.1, 0.15) is 35.7 Å². The Kier molecular flexibility index (Phi) is 34.2. The Balaban J connectivity index is 0.00000256. The van der Waals surface area contributed by atoms with Gasteiger partial charge in [0, 0.05) is 43.2 Å². The molecule has 17 N–H and O–H groups in total. The lowest BCUT2D eigenvalue weighted by atomic mass is 10.0. The van der Waals surface area contributed by atoms with Crippen LogP contribution in [0.25, 0.3) is 0 Å². The van der Waals surface area contributed by atoms with Gasteiger partial charge in [-0.25, -0.2) is 4.79 Å². The van der Waals surface area contributed by atoms with Crippen LogP contribution in [-0.4, -0.2) is 144 Å². The molecule has 75 heavy (non-hydrogen) atoms. The molecule has 0 aliphatic heterocycles. The van der Waals surface area contributed by atoms with E-state index in [1.54, 1.807) is 55.5 Å². The number of rotatable bonds is 30. The highest BCUT2D eigenvalue weighted by molar-refractivity contribution is 8.76. The first-order chi connectivity index (χ1) is 35.7. The number of nitrogens with two attached hydrogens (primary N) is 3. The number of phenolic OH excluding ortho intramolecular Hbond substituents is 2. The summed E-state index contributed by atoms with van der Waals surface area (Å²) in [6.07, 6.45) is 4.29. The highest BCUT2D eigenvalue weighted by Crippen LogP contribution is 2.19. The van der Waals surface area contributed by atoms with Gasteiger partial charge in [-0.05, 0) is 105 Å². The summed E-state index contributed by atoms with van der Waals surface area (Å²) in [4.78, 5) is 114. The Morgan fingerprint density at radius 3 is 1.56 bits per heavy atom. The minimum Gasteiger partial charge on any atom is -0.508 e. The van der Waals surface area contributed by atoms with Crippen molar-refractivity contribution in [2.45, 2.75) is 89.4 Å². The number of hydrogen-bond donors (Lipinski definition) is 14. The van der Waals surface area contributed by atoms with E-state index >= 15 is 0 Å². The van der Waals surface area contributed by atoms with E-state index in [1.807, 2.05) is 13.2 Å². The van der Waals surface area contributed by atoms with Crippen molar-refractivity contribution in [2.75, 3.05) is 51.3 Å². The van der Waals surface area contributed by atoms with Crippen molar-refractivity contribution in [1.29, 1.82) is 0 Å². The zero-order valence-corrected chi connectivity index (χ0v) is 44.7. The molecule has 10 amide bonds. The van der Waals surface area contributed by atoms with Crippen molar-refractivity contribution in [1.82, 2.24) is 42.5 Å². The topological polar surface area (TPSA) is 389 Å². The van der Waals surface area contributed by atoms with Crippen molar-refractivity contribution >= 4 is 86.5 Å². The van der Waals surface area contributed by atoms with Crippen LogP contribution in [0.5, 0.6) is 11.5 Å². The van der Waals surface area contributed by atoms with Gasteiger partial charge in [-0.15, -0.1) is 0 Å². The van der Waals surface area contributed by atoms with Gasteiger partial charge in [-0.1, -0.05) is 76.5 Å². The minimum absolute atomic E-state index is 0.0157. The molecule has 0 fully saturated rings. The van der Waals surface area contributed by atoms with Crippen LogP contribution in [0.4, 0.5) is 4.79 Å². The molecule has 0 heterocycles. The van der Waals surface area contributed by atoms with Gasteiger partial charge in [0.15, 0.2) is 0 Å². The fraction of sp³-hybridized carbons (Fsp3) is 0.449. The first-order valence-electron chi connectivity index (χ1n) is 23.8. The Morgan fingerprint density at radius 1 is 0.587 bits per heavy atom. The Labute approximate surface area is 449 Å². The maximum atomic E-state index is 13.7. The maximum Gasteiger partial charge on any atom is 0.312 e. The number of primary amides is 2. The number of aliphatic hydroxyl groups is 1. The maximum absolute atomic E-state index is 13.7. The summed E-state index contributed by atoms with van der Waals surface area (Å²) in [6.45, 7) is 3.16. The van der Waals surface area contributed by atoms with E-state index in [9.17, 15) is 53.4 Å². The van der Waals surface area contributed by atoms with Crippen molar-refractivity contribution in [3.8, 4) is 11.5 Å². The fourth-order valence-corrected chi connectivity index (χ4v) is 7.71. The first kappa shape index (κ1) is 66.2. The summed E-state index contributed by atoms with van der Waals surface area (Å²) in [7, 11) is 2.72. The van der Waals surface area contributed by atoms with Crippen LogP contribution < -0.4 is 59.7 Å². The number of nitrogens with one attached hydrogen (secondary N) is 8. The van der Waals surface area contributed by atoms with E-state index in [1.165, 1.54) is 45.9 Å². The van der Waals surface area contributed by atoms with Gasteiger partial charge < -0.3 is 75.1 Å². The highest BCUT2D eigenvalue weighted by atomic mass is 35.5. The molecule has 0 spiro atoms. The predicted molar refractivity (Wildman–Crippen MR) is 289 cm³/mol. The van der Waals surface area contributed by atoms with Crippen LogP contribution >= 0.6 is 33.2 Å². The lowest BCUT2D eigenvalue weighted by Gasteiger charge is -2.23. The van der Waals surface area contributed by atoms with E-state index in [0.29, 0.717) is 48.5 Å². The molecule has 4 unspecified atom stereocenters. The average molecular weight is 1110 g/mol. The summed E-state index contributed by atoms with van der Waals surface area (Å²) >= 11 is 5.96. The molecule has 0 saturated heterocycles. The third kappa shape index (κ3) is 30.9. The van der Waals surface area contributed by atoms with E-state index in [-0.39, 0.29) is 55.4 Å². The van der Waals surface area contributed by atoms with Crippen LogP contribution in [0.3, 0.4) is 0 Å². The average Bonchev–Trinajstić information content (AvgIpc) is 3.37. The quantitative estimate of drug-likeness (QED) is 0.0312. The Bertz CT molecular complexity index is 2250. The second-order valence-corrected chi connectivity index (χ2v) is 19.3. The number of aliphatic hydroxyl groups excluding tert-OH is 1. The number of phenols is 2. The molecule has 26 heteroatoms. The Morgan fingerprint density at radius 2 is 1.07 bits per heavy atom. The molecular weight excluding hydrogens is 1030 g/mol. The number of halogens is 1. The zero-order chi connectivity index (χ0) is 56.1. The summed E-state index contributed by atoms with van der Waals surface area (Å²) in [5.74, 6) is -5.39. The molecule has 3 rings (SSSR count). The molecule has 0 aromatic heterocycles. The van der Waals surface area contributed by atoms with E-state index in [2.05, 4.69) is 42.5 Å². The molecule has 0 bridgehead atoms. The number of benzene rings is 3. The SMILES string of the molecule is CCCNC(N)=O.CCO.CSSCC(NC(=O)CCc1ccc(Cl)cc1)C(=O)NC(Cc1ccc(O)cc1)C(=O)NCC(=O)NC(CCCCN)C(=O)NCC(=O)NCC(=O)NC(Cc1ccc(O)cc1)C(N)=O. The van der Waals surface area contributed by atoms with Gasteiger partial charge in [-0.2, -0.15) is 0 Å². The normalized spacial score (nSPS) is 11.9. The summed E-state index contributed by atoms with van der Waals surface area (Å²) < 4.78 is 0. The van der Waals surface area contributed by atoms with Crippen molar-refractivity contribution in [2.24, 2.45) is 17.2 Å². The minimum atomic E-state index is -1.24. The molecule has 23 nitrogen and oxygen atoms in total. The second-order valence-electron chi connectivity index (χ2n) is 16.2. The number of hydrogen-bond acceptors (Lipinski definition) is 15. The number of urea groups is 1. The number of aryl methyl sites for hydroxylation is 1. The molecule has 0 radical (unpaired) electrons. The molecule has 3 aromatic rings. The molecule has 3 aromatic carbocycles. The number of carbonyl (C=O) groups excluding carboxylic acids is 9. The third-order valence-electron chi connectivity index (χ3n) is 10.1.